The molecule has 106 valence electrons. The van der Waals surface area contributed by atoms with Crippen LogP contribution in [0.5, 0.6) is 11.5 Å². The number of rotatable bonds is 5. The highest BCUT2D eigenvalue weighted by atomic mass is 16.5. The van der Waals surface area contributed by atoms with Crippen LogP contribution in [0.2, 0.25) is 0 Å². The first kappa shape index (κ1) is 13.2. The number of hydrogen-bond donors (Lipinski definition) is 0. The van der Waals surface area contributed by atoms with Crippen molar-refractivity contribution < 1.29 is 19.1 Å². The molecule has 0 unspecified atom stereocenters. The van der Waals surface area contributed by atoms with E-state index in [-0.39, 0.29) is 23.8 Å². The van der Waals surface area contributed by atoms with Gasteiger partial charge in [-0.1, -0.05) is 6.92 Å². The van der Waals surface area contributed by atoms with Gasteiger partial charge in [-0.3, -0.25) is 9.59 Å². The van der Waals surface area contributed by atoms with Crippen molar-refractivity contribution in [2.45, 2.75) is 39.0 Å². The van der Waals surface area contributed by atoms with E-state index in [1.165, 1.54) is 0 Å². The zero-order chi connectivity index (χ0) is 14.1. The van der Waals surface area contributed by atoms with Gasteiger partial charge in [0, 0.05) is 0 Å². The van der Waals surface area contributed by atoms with Gasteiger partial charge in [-0.25, -0.2) is 0 Å². The van der Waals surface area contributed by atoms with Gasteiger partial charge in [0.1, 0.15) is 11.5 Å². The molecule has 0 bridgehead atoms. The van der Waals surface area contributed by atoms with Gasteiger partial charge in [0.25, 0.3) is 0 Å². The van der Waals surface area contributed by atoms with Gasteiger partial charge in [0.2, 0.25) is 0 Å². The lowest BCUT2D eigenvalue weighted by atomic mass is 10.1. The molecule has 0 radical (unpaired) electrons. The maximum absolute atomic E-state index is 11.7. The number of benzene rings is 1. The number of aryl methyl sites for hydroxylation is 1. The number of carbonyl (C=O) groups excluding carboxylic acids is 2. The second-order valence-electron chi connectivity index (χ2n) is 5.51. The standard InChI is InChI=1S/C16H18O4/c1-2-10-9-13(19-15(17)11-3-4-11)7-8-14(10)20-16(18)12-5-6-12/h7-9,11-12H,2-6H2,1H3. The predicted molar refractivity (Wildman–Crippen MR) is 72.5 cm³/mol. The summed E-state index contributed by atoms with van der Waals surface area (Å²) < 4.78 is 10.7. The molecule has 1 aromatic carbocycles. The molecule has 4 heteroatoms. The fourth-order valence-electron chi connectivity index (χ4n) is 2.02. The Morgan fingerprint density at radius 1 is 1.05 bits per heavy atom. The fraction of sp³-hybridized carbons (Fsp3) is 0.500. The molecule has 0 atom stereocenters. The number of carbonyl (C=O) groups is 2. The lowest BCUT2D eigenvalue weighted by Crippen LogP contribution is -2.12. The van der Waals surface area contributed by atoms with Crippen LogP contribution >= 0.6 is 0 Å². The van der Waals surface area contributed by atoms with Crippen molar-refractivity contribution in [1.82, 2.24) is 0 Å². The van der Waals surface area contributed by atoms with Crippen molar-refractivity contribution in [3.8, 4) is 11.5 Å². The molecule has 2 saturated carbocycles. The van der Waals surface area contributed by atoms with Crippen LogP contribution in [-0.4, -0.2) is 11.9 Å². The van der Waals surface area contributed by atoms with Gasteiger partial charge < -0.3 is 9.47 Å². The van der Waals surface area contributed by atoms with E-state index in [0.717, 1.165) is 37.7 Å². The van der Waals surface area contributed by atoms with E-state index in [2.05, 4.69) is 0 Å². The van der Waals surface area contributed by atoms with E-state index in [0.29, 0.717) is 11.5 Å². The van der Waals surface area contributed by atoms with Gasteiger partial charge in [0.05, 0.1) is 11.8 Å². The Labute approximate surface area is 118 Å². The zero-order valence-electron chi connectivity index (χ0n) is 11.6. The van der Waals surface area contributed by atoms with Crippen LogP contribution in [0.4, 0.5) is 0 Å². The highest BCUT2D eigenvalue weighted by Crippen LogP contribution is 2.34. The van der Waals surface area contributed by atoms with Crippen LogP contribution in [0.25, 0.3) is 0 Å². The lowest BCUT2D eigenvalue weighted by molar-refractivity contribution is -0.136. The molecule has 1 aromatic rings. The van der Waals surface area contributed by atoms with Crippen LogP contribution in [0.15, 0.2) is 18.2 Å². The molecule has 2 fully saturated rings. The minimum absolute atomic E-state index is 0.0760. The smallest absolute Gasteiger partial charge is 0.314 e. The maximum atomic E-state index is 11.7. The van der Waals surface area contributed by atoms with Crippen molar-refractivity contribution >= 4 is 11.9 Å². The monoisotopic (exact) mass is 274 g/mol. The number of ether oxygens (including phenoxy) is 2. The summed E-state index contributed by atoms with van der Waals surface area (Å²) in [6.45, 7) is 1.98. The summed E-state index contributed by atoms with van der Waals surface area (Å²) in [5, 5.41) is 0. The summed E-state index contributed by atoms with van der Waals surface area (Å²) in [7, 11) is 0. The normalized spacial score (nSPS) is 17.6. The molecule has 0 N–H and O–H groups in total. The Balaban J connectivity index is 1.70. The van der Waals surface area contributed by atoms with E-state index in [9.17, 15) is 9.59 Å². The van der Waals surface area contributed by atoms with Gasteiger partial charge in [0.15, 0.2) is 0 Å². The molecule has 0 aliphatic heterocycles. The quantitative estimate of drug-likeness (QED) is 0.612. The third-order valence-electron chi connectivity index (χ3n) is 3.66. The first-order valence-electron chi connectivity index (χ1n) is 7.23. The average Bonchev–Trinajstić information content (AvgIpc) is 3.32. The van der Waals surface area contributed by atoms with Crippen molar-refractivity contribution in [3.63, 3.8) is 0 Å². The topological polar surface area (TPSA) is 52.6 Å². The van der Waals surface area contributed by atoms with Gasteiger partial charge in [-0.15, -0.1) is 0 Å². The van der Waals surface area contributed by atoms with Crippen molar-refractivity contribution in [2.24, 2.45) is 11.8 Å². The van der Waals surface area contributed by atoms with Crippen LogP contribution in [0, 0.1) is 11.8 Å². The van der Waals surface area contributed by atoms with E-state index in [1.807, 2.05) is 6.92 Å². The van der Waals surface area contributed by atoms with E-state index >= 15 is 0 Å². The molecular weight excluding hydrogens is 256 g/mol. The molecule has 20 heavy (non-hydrogen) atoms. The predicted octanol–water partition coefficient (Wildman–Crippen LogP) is 2.88. The molecule has 0 spiro atoms. The Kier molecular flexibility index (Phi) is 3.47. The Bertz CT molecular complexity index is 541. The first-order valence-corrected chi connectivity index (χ1v) is 7.23. The van der Waals surface area contributed by atoms with Crippen LogP contribution < -0.4 is 9.47 Å². The molecule has 2 aliphatic rings. The highest BCUT2D eigenvalue weighted by Gasteiger charge is 2.33. The summed E-state index contributed by atoms with van der Waals surface area (Å²) in [5.74, 6) is 0.956. The minimum Gasteiger partial charge on any atom is -0.426 e. The Hall–Kier alpha value is -1.84. The third kappa shape index (κ3) is 3.00. The van der Waals surface area contributed by atoms with E-state index in [1.54, 1.807) is 18.2 Å². The minimum atomic E-state index is -0.158. The Morgan fingerprint density at radius 2 is 1.65 bits per heavy atom. The van der Waals surface area contributed by atoms with Gasteiger partial charge >= 0.3 is 11.9 Å². The summed E-state index contributed by atoms with van der Waals surface area (Å²) in [4.78, 5) is 23.3. The lowest BCUT2D eigenvalue weighted by Gasteiger charge is -2.11. The Morgan fingerprint density at radius 3 is 2.20 bits per heavy atom. The molecule has 0 saturated heterocycles. The summed E-state index contributed by atoms with van der Waals surface area (Å²) >= 11 is 0. The third-order valence-corrected chi connectivity index (χ3v) is 3.66. The van der Waals surface area contributed by atoms with Crippen LogP contribution in [0.3, 0.4) is 0 Å². The second-order valence-corrected chi connectivity index (χ2v) is 5.51. The van der Waals surface area contributed by atoms with Gasteiger partial charge in [-0.2, -0.15) is 0 Å². The molecular formula is C16H18O4. The largest absolute Gasteiger partial charge is 0.426 e. The molecule has 0 heterocycles. The van der Waals surface area contributed by atoms with Crippen LogP contribution in [-0.2, 0) is 16.0 Å². The molecule has 2 aliphatic carbocycles. The SMILES string of the molecule is CCc1cc(OC(=O)C2CC2)ccc1OC(=O)C1CC1. The van der Waals surface area contributed by atoms with Crippen molar-refractivity contribution in [3.05, 3.63) is 23.8 Å². The van der Waals surface area contributed by atoms with Crippen LogP contribution in [0.1, 0.15) is 38.2 Å². The number of hydrogen-bond acceptors (Lipinski definition) is 4. The van der Waals surface area contributed by atoms with Crippen molar-refractivity contribution in [1.29, 1.82) is 0 Å². The summed E-state index contributed by atoms with van der Waals surface area (Å²) in [5.41, 5.74) is 0.889. The summed E-state index contributed by atoms with van der Waals surface area (Å²) in [6, 6.07) is 5.19. The van der Waals surface area contributed by atoms with E-state index in [4.69, 9.17) is 9.47 Å². The molecule has 0 aromatic heterocycles. The first-order chi connectivity index (χ1) is 9.67. The maximum Gasteiger partial charge on any atom is 0.314 e. The molecule has 0 amide bonds. The fourth-order valence-corrected chi connectivity index (χ4v) is 2.02. The number of esters is 2. The average molecular weight is 274 g/mol. The highest BCUT2D eigenvalue weighted by molar-refractivity contribution is 5.78. The summed E-state index contributed by atoms with van der Waals surface area (Å²) in [6.07, 6.45) is 4.43. The van der Waals surface area contributed by atoms with E-state index < -0.39 is 0 Å². The second kappa shape index (κ2) is 5.27. The molecule has 4 nitrogen and oxygen atoms in total. The van der Waals surface area contributed by atoms with Crippen molar-refractivity contribution in [2.75, 3.05) is 0 Å². The zero-order valence-corrected chi connectivity index (χ0v) is 11.6. The van der Waals surface area contributed by atoms with Gasteiger partial charge in [-0.05, 0) is 55.9 Å². The molecule has 3 rings (SSSR count).